The van der Waals surface area contributed by atoms with Crippen LogP contribution in [0.4, 0.5) is 4.39 Å². The summed E-state index contributed by atoms with van der Waals surface area (Å²) in [6.07, 6.45) is 3.25. The van der Waals surface area contributed by atoms with E-state index in [2.05, 4.69) is 12.2 Å². The minimum absolute atomic E-state index is 0.161. The lowest BCUT2D eigenvalue weighted by molar-refractivity contribution is -0.128. The first-order valence-corrected chi connectivity index (χ1v) is 11.0. The van der Waals surface area contributed by atoms with Gasteiger partial charge in [-0.3, -0.25) is 14.5 Å². The maximum atomic E-state index is 13.5. The number of hydrogen-bond acceptors (Lipinski definition) is 3. The Hall–Kier alpha value is -2.73. The molecule has 1 saturated heterocycles. The molecule has 0 unspecified atom stereocenters. The fraction of sp³-hybridized carbons (Fsp3) is 0.440. The van der Waals surface area contributed by atoms with Crippen LogP contribution in [0.15, 0.2) is 54.6 Å². The highest BCUT2D eigenvalue weighted by atomic mass is 19.1. The van der Waals surface area contributed by atoms with Crippen LogP contribution >= 0.6 is 0 Å². The molecule has 0 radical (unpaired) electrons. The number of carbonyl (C=O) groups excluding carboxylic acids is 2. The molecule has 2 aliphatic rings. The fourth-order valence-corrected chi connectivity index (χ4v) is 4.65. The molecule has 164 valence electrons. The number of carbonyl (C=O) groups is 2. The smallest absolute Gasteiger partial charge is 0.256 e. The molecule has 2 aromatic rings. The van der Waals surface area contributed by atoms with Gasteiger partial charge in [-0.05, 0) is 68.4 Å². The van der Waals surface area contributed by atoms with Gasteiger partial charge in [0.05, 0.1) is 12.6 Å². The maximum Gasteiger partial charge on any atom is 0.256 e. The van der Waals surface area contributed by atoms with Crippen LogP contribution < -0.4 is 5.32 Å². The van der Waals surface area contributed by atoms with Crippen LogP contribution in [0.2, 0.25) is 0 Å². The predicted molar refractivity (Wildman–Crippen MR) is 116 cm³/mol. The number of halogens is 1. The Labute approximate surface area is 182 Å². The van der Waals surface area contributed by atoms with Gasteiger partial charge in [0.1, 0.15) is 17.6 Å². The number of hydrogen-bond donors (Lipinski definition) is 1. The molecule has 5 nitrogen and oxygen atoms in total. The van der Waals surface area contributed by atoms with Gasteiger partial charge in [-0.1, -0.05) is 37.3 Å². The standard InChI is InChI=1S/C25H29FN2O3/c1-17-12-14-25(15-13-17)28(24(30)20-8-10-21(26)11-9-20)22(16-31-25)23(29)27-18(2)19-6-4-3-5-7-19/h3-11,17-18,22H,12-16H2,1-2H3,(H,27,29)/t17?,18-,22-,25?/m1/s1. The third-order valence-corrected chi connectivity index (χ3v) is 6.59. The second-order valence-corrected chi connectivity index (χ2v) is 8.78. The number of ether oxygens (including phenoxy) is 1. The number of benzene rings is 2. The maximum absolute atomic E-state index is 13.5. The molecule has 0 bridgehead atoms. The van der Waals surface area contributed by atoms with Gasteiger partial charge in [-0.15, -0.1) is 0 Å². The lowest BCUT2D eigenvalue weighted by atomic mass is 9.83. The Balaban J connectivity index is 1.60. The molecule has 2 aromatic carbocycles. The van der Waals surface area contributed by atoms with Crippen LogP contribution in [-0.2, 0) is 9.53 Å². The molecule has 4 rings (SSSR count). The quantitative estimate of drug-likeness (QED) is 0.789. The summed E-state index contributed by atoms with van der Waals surface area (Å²) in [6, 6.07) is 14.3. The van der Waals surface area contributed by atoms with Gasteiger partial charge >= 0.3 is 0 Å². The second kappa shape index (κ2) is 8.79. The average molecular weight is 425 g/mol. The van der Waals surface area contributed by atoms with Crippen molar-refractivity contribution in [3.05, 3.63) is 71.5 Å². The molecule has 1 saturated carbocycles. The lowest BCUT2D eigenvalue weighted by Crippen LogP contribution is -2.57. The normalized spacial score (nSPS) is 26.6. The van der Waals surface area contributed by atoms with Gasteiger partial charge < -0.3 is 10.1 Å². The van der Waals surface area contributed by atoms with Crippen molar-refractivity contribution in [1.82, 2.24) is 10.2 Å². The first-order valence-electron chi connectivity index (χ1n) is 11.0. The molecular formula is C25H29FN2O3. The van der Waals surface area contributed by atoms with E-state index in [1.54, 1.807) is 4.90 Å². The molecule has 0 aromatic heterocycles. The third kappa shape index (κ3) is 4.35. The van der Waals surface area contributed by atoms with Crippen molar-refractivity contribution in [2.75, 3.05) is 6.61 Å². The molecule has 2 atom stereocenters. The number of rotatable bonds is 4. The first-order chi connectivity index (χ1) is 14.9. The van der Waals surface area contributed by atoms with Crippen LogP contribution in [0, 0.1) is 11.7 Å². The molecule has 1 aliphatic carbocycles. The van der Waals surface area contributed by atoms with Crippen molar-refractivity contribution < 1.29 is 18.7 Å². The van der Waals surface area contributed by atoms with Crippen molar-refractivity contribution in [2.45, 2.75) is 57.3 Å². The van der Waals surface area contributed by atoms with E-state index in [9.17, 15) is 14.0 Å². The van der Waals surface area contributed by atoms with E-state index >= 15 is 0 Å². The summed E-state index contributed by atoms with van der Waals surface area (Å²) < 4.78 is 19.6. The van der Waals surface area contributed by atoms with E-state index < -0.39 is 17.6 Å². The van der Waals surface area contributed by atoms with Gasteiger partial charge in [0.2, 0.25) is 5.91 Å². The number of nitrogens with one attached hydrogen (secondary N) is 1. The van der Waals surface area contributed by atoms with Gasteiger partial charge in [0.15, 0.2) is 0 Å². The average Bonchev–Trinajstić information content (AvgIpc) is 3.15. The van der Waals surface area contributed by atoms with Crippen LogP contribution in [0.1, 0.15) is 61.5 Å². The second-order valence-electron chi connectivity index (χ2n) is 8.78. The summed E-state index contributed by atoms with van der Waals surface area (Å²) in [4.78, 5) is 28.4. The van der Waals surface area contributed by atoms with Crippen molar-refractivity contribution in [2.24, 2.45) is 5.92 Å². The Morgan fingerprint density at radius 3 is 2.39 bits per heavy atom. The number of amides is 2. The van der Waals surface area contributed by atoms with Crippen LogP contribution in [0.5, 0.6) is 0 Å². The summed E-state index contributed by atoms with van der Waals surface area (Å²) in [5.74, 6) is -0.369. The summed E-state index contributed by atoms with van der Waals surface area (Å²) >= 11 is 0. The third-order valence-electron chi connectivity index (χ3n) is 6.59. The van der Waals surface area contributed by atoms with Crippen molar-refractivity contribution in [3.63, 3.8) is 0 Å². The zero-order valence-electron chi connectivity index (χ0n) is 18.0. The SMILES string of the molecule is CC1CCC2(CC1)OC[C@H](C(=O)N[C@H](C)c1ccccc1)N2C(=O)c1ccc(F)cc1. The molecule has 1 N–H and O–H groups in total. The van der Waals surface area contributed by atoms with E-state index in [1.807, 2.05) is 37.3 Å². The minimum Gasteiger partial charge on any atom is -0.353 e. The van der Waals surface area contributed by atoms with E-state index in [-0.39, 0.29) is 24.5 Å². The monoisotopic (exact) mass is 424 g/mol. The summed E-state index contributed by atoms with van der Waals surface area (Å²) in [6.45, 7) is 4.28. The Bertz CT molecular complexity index is 924. The molecule has 1 spiro atoms. The predicted octanol–water partition coefficient (Wildman–Crippen LogP) is 4.45. The highest BCUT2D eigenvalue weighted by Gasteiger charge is 2.53. The number of nitrogens with zero attached hydrogens (tertiary/aromatic N) is 1. The lowest BCUT2D eigenvalue weighted by Gasteiger charge is -2.43. The Morgan fingerprint density at radius 1 is 1.10 bits per heavy atom. The zero-order valence-corrected chi connectivity index (χ0v) is 18.0. The fourth-order valence-electron chi connectivity index (χ4n) is 4.65. The first kappa shape index (κ1) is 21.5. The Morgan fingerprint density at radius 2 is 1.74 bits per heavy atom. The largest absolute Gasteiger partial charge is 0.353 e. The molecular weight excluding hydrogens is 395 g/mol. The van der Waals surface area contributed by atoms with Gasteiger partial charge in [0, 0.05) is 5.56 Å². The van der Waals surface area contributed by atoms with Crippen LogP contribution in [0.25, 0.3) is 0 Å². The highest BCUT2D eigenvalue weighted by molar-refractivity contribution is 5.98. The minimum atomic E-state index is -0.782. The Kier molecular flexibility index (Phi) is 6.10. The molecule has 1 aliphatic heterocycles. The van der Waals surface area contributed by atoms with Crippen molar-refractivity contribution in [1.29, 1.82) is 0 Å². The van der Waals surface area contributed by atoms with Gasteiger partial charge in [0.25, 0.3) is 5.91 Å². The zero-order chi connectivity index (χ0) is 22.0. The van der Waals surface area contributed by atoms with Gasteiger partial charge in [-0.25, -0.2) is 4.39 Å². The molecule has 2 fully saturated rings. The molecule has 6 heteroatoms. The van der Waals surface area contributed by atoms with E-state index in [0.29, 0.717) is 24.3 Å². The summed E-state index contributed by atoms with van der Waals surface area (Å²) in [5.41, 5.74) is 0.571. The van der Waals surface area contributed by atoms with Crippen LogP contribution in [0.3, 0.4) is 0 Å². The van der Waals surface area contributed by atoms with E-state index in [1.165, 1.54) is 24.3 Å². The van der Waals surface area contributed by atoms with E-state index in [4.69, 9.17) is 4.74 Å². The van der Waals surface area contributed by atoms with Gasteiger partial charge in [-0.2, -0.15) is 0 Å². The van der Waals surface area contributed by atoms with Crippen molar-refractivity contribution in [3.8, 4) is 0 Å². The van der Waals surface area contributed by atoms with Crippen molar-refractivity contribution >= 4 is 11.8 Å². The molecule has 1 heterocycles. The summed E-state index contributed by atoms with van der Waals surface area (Å²) in [7, 11) is 0. The molecule has 2 amide bonds. The topological polar surface area (TPSA) is 58.6 Å². The molecule has 31 heavy (non-hydrogen) atoms. The van der Waals surface area contributed by atoms with E-state index in [0.717, 1.165) is 18.4 Å². The summed E-state index contributed by atoms with van der Waals surface area (Å²) in [5, 5.41) is 3.04. The van der Waals surface area contributed by atoms with Crippen LogP contribution in [-0.4, -0.2) is 35.1 Å². The highest BCUT2D eigenvalue weighted by Crippen LogP contribution is 2.43.